The molecule has 2 aromatic carbocycles. The van der Waals surface area contributed by atoms with Gasteiger partial charge in [0.1, 0.15) is 12.1 Å². The molecule has 0 aliphatic carbocycles. The zero-order valence-electron chi connectivity index (χ0n) is 16.2. The SMILES string of the molecule is CC1(C(=O)Nc2cccc(C(N)=O)c2N)CCCN1C(=O)OCc1ccccc1. The van der Waals surface area contributed by atoms with Gasteiger partial charge in [0.05, 0.1) is 16.9 Å². The lowest BCUT2D eigenvalue weighted by Gasteiger charge is -2.33. The average Bonchev–Trinajstić information content (AvgIpc) is 3.11. The van der Waals surface area contributed by atoms with E-state index in [1.807, 2.05) is 30.3 Å². The third kappa shape index (κ3) is 4.16. The quantitative estimate of drug-likeness (QED) is 0.669. The Kier molecular flexibility index (Phi) is 5.72. The summed E-state index contributed by atoms with van der Waals surface area (Å²) in [7, 11) is 0. The number of likely N-dealkylation sites (tertiary alicyclic amines) is 1. The maximum absolute atomic E-state index is 13.0. The fourth-order valence-corrected chi connectivity index (χ4v) is 3.44. The fourth-order valence-electron chi connectivity index (χ4n) is 3.44. The van der Waals surface area contributed by atoms with Crippen molar-refractivity contribution in [3.05, 3.63) is 59.7 Å². The van der Waals surface area contributed by atoms with E-state index in [2.05, 4.69) is 5.32 Å². The second-order valence-corrected chi connectivity index (χ2v) is 7.15. The van der Waals surface area contributed by atoms with Gasteiger partial charge < -0.3 is 21.5 Å². The molecule has 29 heavy (non-hydrogen) atoms. The first-order valence-electron chi connectivity index (χ1n) is 9.31. The summed E-state index contributed by atoms with van der Waals surface area (Å²) in [5.74, 6) is -1.09. The molecule has 1 atom stereocenters. The van der Waals surface area contributed by atoms with Crippen LogP contribution in [0, 0.1) is 0 Å². The van der Waals surface area contributed by atoms with Crippen LogP contribution < -0.4 is 16.8 Å². The Morgan fingerprint density at radius 3 is 2.55 bits per heavy atom. The molecular weight excluding hydrogens is 372 g/mol. The highest BCUT2D eigenvalue weighted by Gasteiger charge is 2.46. The second kappa shape index (κ2) is 8.22. The molecule has 0 bridgehead atoms. The molecule has 8 heteroatoms. The number of rotatable bonds is 5. The molecule has 0 spiro atoms. The summed E-state index contributed by atoms with van der Waals surface area (Å²) in [6.07, 6.45) is 0.596. The van der Waals surface area contributed by atoms with Crippen molar-refractivity contribution in [2.75, 3.05) is 17.6 Å². The molecule has 5 N–H and O–H groups in total. The van der Waals surface area contributed by atoms with E-state index in [0.29, 0.717) is 19.4 Å². The standard InChI is InChI=1S/C21H24N4O4/c1-21(19(27)24-16-10-5-9-15(17(16)22)18(23)26)11-6-12-25(21)20(28)29-13-14-7-3-2-4-8-14/h2-5,7-10H,6,11-13,22H2,1H3,(H2,23,26)(H,24,27). The van der Waals surface area contributed by atoms with E-state index in [1.165, 1.54) is 11.0 Å². The van der Waals surface area contributed by atoms with Gasteiger partial charge in [-0.15, -0.1) is 0 Å². The van der Waals surface area contributed by atoms with E-state index >= 15 is 0 Å². The summed E-state index contributed by atoms with van der Waals surface area (Å²) in [5, 5.41) is 2.73. The second-order valence-electron chi connectivity index (χ2n) is 7.15. The number of amides is 3. The Bertz CT molecular complexity index is 932. The molecule has 1 heterocycles. The zero-order chi connectivity index (χ0) is 21.0. The van der Waals surface area contributed by atoms with Crippen LogP contribution in [0.25, 0.3) is 0 Å². The van der Waals surface area contributed by atoms with Gasteiger partial charge in [0.15, 0.2) is 0 Å². The summed E-state index contributed by atoms with van der Waals surface area (Å²) in [4.78, 5) is 38.6. The Labute approximate surface area is 168 Å². The van der Waals surface area contributed by atoms with Gasteiger partial charge in [-0.2, -0.15) is 0 Å². The number of nitrogen functional groups attached to an aromatic ring is 1. The molecule has 152 valence electrons. The van der Waals surface area contributed by atoms with Crippen LogP contribution in [-0.4, -0.2) is 34.9 Å². The van der Waals surface area contributed by atoms with Crippen molar-refractivity contribution in [3.8, 4) is 0 Å². The molecule has 1 saturated heterocycles. The van der Waals surface area contributed by atoms with Crippen molar-refractivity contribution in [1.29, 1.82) is 0 Å². The molecule has 0 saturated carbocycles. The highest BCUT2D eigenvalue weighted by atomic mass is 16.6. The minimum atomic E-state index is -1.09. The predicted molar refractivity (Wildman–Crippen MR) is 109 cm³/mol. The lowest BCUT2D eigenvalue weighted by molar-refractivity contribution is -0.125. The van der Waals surface area contributed by atoms with Crippen LogP contribution in [0.1, 0.15) is 35.7 Å². The number of primary amides is 1. The van der Waals surface area contributed by atoms with Crippen LogP contribution in [0.4, 0.5) is 16.2 Å². The third-order valence-electron chi connectivity index (χ3n) is 5.18. The van der Waals surface area contributed by atoms with Crippen LogP contribution in [0.15, 0.2) is 48.5 Å². The maximum atomic E-state index is 13.0. The first-order valence-corrected chi connectivity index (χ1v) is 9.31. The molecule has 0 radical (unpaired) electrons. The topological polar surface area (TPSA) is 128 Å². The smallest absolute Gasteiger partial charge is 0.410 e. The molecule has 1 unspecified atom stereocenters. The zero-order valence-corrected chi connectivity index (χ0v) is 16.2. The number of anilines is 2. The van der Waals surface area contributed by atoms with Gasteiger partial charge in [-0.05, 0) is 37.5 Å². The van der Waals surface area contributed by atoms with Gasteiger partial charge >= 0.3 is 6.09 Å². The molecule has 1 fully saturated rings. The van der Waals surface area contributed by atoms with Crippen LogP contribution in [0.2, 0.25) is 0 Å². The molecule has 2 aromatic rings. The summed E-state index contributed by atoms with van der Waals surface area (Å²) < 4.78 is 5.40. The first-order chi connectivity index (χ1) is 13.8. The number of nitrogens with two attached hydrogens (primary N) is 2. The van der Waals surface area contributed by atoms with E-state index in [4.69, 9.17) is 16.2 Å². The largest absolute Gasteiger partial charge is 0.445 e. The monoisotopic (exact) mass is 396 g/mol. The van der Waals surface area contributed by atoms with E-state index in [1.54, 1.807) is 19.1 Å². The Morgan fingerprint density at radius 1 is 1.14 bits per heavy atom. The number of nitrogens with one attached hydrogen (secondary N) is 1. The van der Waals surface area contributed by atoms with Crippen molar-refractivity contribution in [2.24, 2.45) is 5.73 Å². The number of hydrogen-bond donors (Lipinski definition) is 3. The van der Waals surface area contributed by atoms with Crippen molar-refractivity contribution in [2.45, 2.75) is 31.9 Å². The Morgan fingerprint density at radius 2 is 1.86 bits per heavy atom. The van der Waals surface area contributed by atoms with Gasteiger partial charge in [0.25, 0.3) is 5.91 Å². The Balaban J connectivity index is 1.72. The minimum Gasteiger partial charge on any atom is -0.445 e. The molecule has 8 nitrogen and oxygen atoms in total. The molecule has 1 aliphatic heterocycles. The van der Waals surface area contributed by atoms with Crippen LogP contribution in [-0.2, 0) is 16.1 Å². The van der Waals surface area contributed by atoms with Crippen molar-refractivity contribution in [1.82, 2.24) is 4.90 Å². The lowest BCUT2D eigenvalue weighted by Crippen LogP contribution is -2.53. The van der Waals surface area contributed by atoms with Gasteiger partial charge in [0, 0.05) is 6.54 Å². The number of ether oxygens (including phenoxy) is 1. The minimum absolute atomic E-state index is 0.0909. The number of benzene rings is 2. The van der Waals surface area contributed by atoms with E-state index in [0.717, 1.165) is 5.56 Å². The fraction of sp³-hybridized carbons (Fsp3) is 0.286. The summed E-state index contributed by atoms with van der Waals surface area (Å²) in [6.45, 7) is 2.23. The predicted octanol–water partition coefficient (Wildman–Crippen LogP) is 2.50. The molecular formula is C21H24N4O4. The van der Waals surface area contributed by atoms with E-state index in [-0.39, 0.29) is 23.5 Å². The van der Waals surface area contributed by atoms with Crippen LogP contribution >= 0.6 is 0 Å². The van der Waals surface area contributed by atoms with E-state index < -0.39 is 23.4 Å². The number of hydrogen-bond acceptors (Lipinski definition) is 5. The van der Waals surface area contributed by atoms with Crippen molar-refractivity contribution in [3.63, 3.8) is 0 Å². The summed E-state index contributed by atoms with van der Waals surface area (Å²) >= 11 is 0. The van der Waals surface area contributed by atoms with Crippen molar-refractivity contribution >= 4 is 29.3 Å². The van der Waals surface area contributed by atoms with Crippen molar-refractivity contribution < 1.29 is 19.1 Å². The summed E-state index contributed by atoms with van der Waals surface area (Å²) in [6, 6.07) is 14.0. The highest BCUT2D eigenvalue weighted by molar-refractivity contribution is 6.06. The van der Waals surface area contributed by atoms with Gasteiger partial charge in [-0.3, -0.25) is 14.5 Å². The summed E-state index contributed by atoms with van der Waals surface area (Å²) in [5.41, 5.74) is 11.5. The lowest BCUT2D eigenvalue weighted by atomic mass is 9.97. The molecule has 3 amide bonds. The number of carbonyl (C=O) groups is 3. The molecule has 0 aromatic heterocycles. The van der Waals surface area contributed by atoms with Crippen LogP contribution in [0.5, 0.6) is 0 Å². The first kappa shape index (κ1) is 20.2. The third-order valence-corrected chi connectivity index (χ3v) is 5.18. The van der Waals surface area contributed by atoms with Gasteiger partial charge in [-0.25, -0.2) is 4.79 Å². The van der Waals surface area contributed by atoms with Crippen LogP contribution in [0.3, 0.4) is 0 Å². The number of nitrogens with zero attached hydrogens (tertiary/aromatic N) is 1. The molecule has 1 aliphatic rings. The van der Waals surface area contributed by atoms with Gasteiger partial charge in [-0.1, -0.05) is 36.4 Å². The number of para-hydroxylation sites is 1. The molecule has 3 rings (SSSR count). The highest BCUT2D eigenvalue weighted by Crippen LogP contribution is 2.32. The number of carbonyl (C=O) groups excluding carboxylic acids is 3. The normalized spacial score (nSPS) is 18.3. The van der Waals surface area contributed by atoms with Gasteiger partial charge in [0.2, 0.25) is 5.91 Å². The maximum Gasteiger partial charge on any atom is 0.410 e. The Hall–Kier alpha value is -3.55. The average molecular weight is 396 g/mol. The van der Waals surface area contributed by atoms with E-state index in [9.17, 15) is 14.4 Å².